The largest absolute Gasteiger partial charge is 0.322 e. The number of rotatable bonds is 2. The van der Waals surface area contributed by atoms with Gasteiger partial charge in [-0.05, 0) is 31.4 Å². The Morgan fingerprint density at radius 3 is 2.75 bits per heavy atom. The Morgan fingerprint density at radius 2 is 2.05 bits per heavy atom. The number of H-pyrrole nitrogens is 1. The summed E-state index contributed by atoms with van der Waals surface area (Å²) in [6, 6.07) is 8.03. The summed E-state index contributed by atoms with van der Waals surface area (Å²) in [5.41, 5.74) is 4.99. The lowest BCUT2D eigenvalue weighted by Crippen LogP contribution is -2.44. The number of hydrogen-bond donors (Lipinski definition) is 3. The first-order valence-corrected chi connectivity index (χ1v) is 6.77. The highest BCUT2D eigenvalue weighted by atomic mass is 16.2. The van der Waals surface area contributed by atoms with Crippen molar-refractivity contribution in [3.8, 4) is 0 Å². The van der Waals surface area contributed by atoms with E-state index in [4.69, 9.17) is 0 Å². The zero-order valence-electron chi connectivity index (χ0n) is 11.7. The van der Waals surface area contributed by atoms with E-state index >= 15 is 0 Å². The van der Waals surface area contributed by atoms with Gasteiger partial charge < -0.3 is 10.6 Å². The molecule has 0 aliphatic carbocycles. The smallest absolute Gasteiger partial charge is 0.241 e. The van der Waals surface area contributed by atoms with Crippen LogP contribution >= 0.6 is 0 Å². The molecule has 1 aliphatic rings. The van der Waals surface area contributed by atoms with Crippen molar-refractivity contribution in [2.24, 2.45) is 0 Å². The van der Waals surface area contributed by atoms with Gasteiger partial charge in [0.2, 0.25) is 5.91 Å². The molecule has 104 valence electrons. The second-order valence-corrected chi connectivity index (χ2v) is 5.20. The lowest BCUT2D eigenvalue weighted by Gasteiger charge is -2.25. The molecule has 0 saturated carbocycles. The van der Waals surface area contributed by atoms with Crippen molar-refractivity contribution >= 4 is 11.6 Å². The van der Waals surface area contributed by atoms with Crippen LogP contribution in [0.3, 0.4) is 0 Å². The number of fused-ring (bicyclic) bond motifs is 1. The number of nitrogens with zero attached hydrogens (tertiary/aromatic N) is 1. The van der Waals surface area contributed by atoms with Gasteiger partial charge in [-0.2, -0.15) is 5.10 Å². The third-order valence-corrected chi connectivity index (χ3v) is 3.77. The maximum Gasteiger partial charge on any atom is 0.241 e. The van der Waals surface area contributed by atoms with Crippen LogP contribution in [0.2, 0.25) is 0 Å². The zero-order valence-corrected chi connectivity index (χ0v) is 11.7. The predicted octanol–water partition coefficient (Wildman–Crippen LogP) is 1.68. The molecule has 2 heterocycles. The number of carbonyl (C=O) groups excluding carboxylic acids is 1. The van der Waals surface area contributed by atoms with Gasteiger partial charge in [0.25, 0.3) is 0 Å². The summed E-state index contributed by atoms with van der Waals surface area (Å²) < 4.78 is 0. The number of aromatic nitrogens is 2. The summed E-state index contributed by atoms with van der Waals surface area (Å²) >= 11 is 0. The number of benzene rings is 1. The SMILES string of the molecule is Cc1n[nH]c(C)c1NC(=O)[C@H]1Cc2ccccc2CN1. The third-order valence-electron chi connectivity index (χ3n) is 3.77. The summed E-state index contributed by atoms with van der Waals surface area (Å²) in [5, 5.41) is 13.2. The van der Waals surface area contributed by atoms with Gasteiger partial charge in [0.15, 0.2) is 0 Å². The highest BCUT2D eigenvalue weighted by Gasteiger charge is 2.24. The average Bonchev–Trinajstić information content (AvgIpc) is 2.78. The molecule has 0 fully saturated rings. The molecule has 0 radical (unpaired) electrons. The first kappa shape index (κ1) is 12.9. The van der Waals surface area contributed by atoms with Gasteiger partial charge in [-0.1, -0.05) is 24.3 Å². The number of aromatic amines is 1. The van der Waals surface area contributed by atoms with Gasteiger partial charge >= 0.3 is 0 Å². The van der Waals surface area contributed by atoms with Gasteiger partial charge in [0, 0.05) is 6.54 Å². The van der Waals surface area contributed by atoms with Crippen LogP contribution in [-0.2, 0) is 17.8 Å². The maximum absolute atomic E-state index is 12.4. The van der Waals surface area contributed by atoms with E-state index in [1.54, 1.807) is 0 Å². The van der Waals surface area contributed by atoms with Crippen LogP contribution in [0.4, 0.5) is 5.69 Å². The minimum absolute atomic E-state index is 0.00731. The van der Waals surface area contributed by atoms with Crippen molar-refractivity contribution in [1.82, 2.24) is 15.5 Å². The van der Waals surface area contributed by atoms with Crippen molar-refractivity contribution in [3.63, 3.8) is 0 Å². The van der Waals surface area contributed by atoms with Gasteiger partial charge in [-0.25, -0.2) is 0 Å². The quantitative estimate of drug-likeness (QED) is 0.777. The molecule has 1 aromatic carbocycles. The van der Waals surface area contributed by atoms with Crippen LogP contribution in [-0.4, -0.2) is 22.1 Å². The molecule has 5 heteroatoms. The molecule has 1 aliphatic heterocycles. The maximum atomic E-state index is 12.4. The standard InChI is InChI=1S/C15H18N4O/c1-9-14(10(2)19-18-9)17-15(20)13-7-11-5-3-4-6-12(11)8-16-13/h3-6,13,16H,7-8H2,1-2H3,(H,17,20)(H,18,19)/t13-/m1/s1. The van der Waals surface area contributed by atoms with Crippen molar-refractivity contribution in [2.75, 3.05) is 5.32 Å². The molecule has 0 unspecified atom stereocenters. The fraction of sp³-hybridized carbons (Fsp3) is 0.333. The van der Waals surface area contributed by atoms with Crippen LogP contribution in [0.5, 0.6) is 0 Å². The molecule has 3 rings (SSSR count). The molecule has 1 amide bonds. The second kappa shape index (κ2) is 5.09. The Hall–Kier alpha value is -2.14. The first-order chi connectivity index (χ1) is 9.65. The van der Waals surface area contributed by atoms with Crippen molar-refractivity contribution in [1.29, 1.82) is 0 Å². The van der Waals surface area contributed by atoms with E-state index in [2.05, 4.69) is 33.0 Å². The normalized spacial score (nSPS) is 17.6. The molecule has 20 heavy (non-hydrogen) atoms. The van der Waals surface area contributed by atoms with Crippen molar-refractivity contribution in [3.05, 3.63) is 46.8 Å². The number of nitrogens with one attached hydrogen (secondary N) is 3. The molecular formula is C15H18N4O. The van der Waals surface area contributed by atoms with E-state index in [1.165, 1.54) is 11.1 Å². The molecule has 0 spiro atoms. The number of carbonyl (C=O) groups is 1. The first-order valence-electron chi connectivity index (χ1n) is 6.77. The third kappa shape index (κ3) is 2.32. The van der Waals surface area contributed by atoms with Gasteiger partial charge in [-0.3, -0.25) is 9.89 Å². The van der Waals surface area contributed by atoms with E-state index in [1.807, 2.05) is 26.0 Å². The summed E-state index contributed by atoms with van der Waals surface area (Å²) in [4.78, 5) is 12.4. The summed E-state index contributed by atoms with van der Waals surface area (Å²) in [5.74, 6) is -0.00731. The Morgan fingerprint density at radius 1 is 1.30 bits per heavy atom. The van der Waals surface area contributed by atoms with Crippen LogP contribution in [0.1, 0.15) is 22.5 Å². The molecule has 1 atom stereocenters. The molecule has 3 N–H and O–H groups in total. The van der Waals surface area contributed by atoms with Crippen LogP contribution in [0, 0.1) is 13.8 Å². The summed E-state index contributed by atoms with van der Waals surface area (Å²) in [6.07, 6.45) is 0.720. The molecule has 5 nitrogen and oxygen atoms in total. The summed E-state index contributed by atoms with van der Waals surface area (Å²) in [7, 11) is 0. The predicted molar refractivity (Wildman–Crippen MR) is 77.5 cm³/mol. The Labute approximate surface area is 117 Å². The number of hydrogen-bond acceptors (Lipinski definition) is 3. The topological polar surface area (TPSA) is 69.8 Å². The van der Waals surface area contributed by atoms with Crippen molar-refractivity contribution in [2.45, 2.75) is 32.9 Å². The van der Waals surface area contributed by atoms with Gasteiger partial charge in [-0.15, -0.1) is 0 Å². The molecule has 1 aromatic heterocycles. The minimum Gasteiger partial charge on any atom is -0.322 e. The Balaban J connectivity index is 1.74. The van der Waals surface area contributed by atoms with Crippen LogP contribution < -0.4 is 10.6 Å². The van der Waals surface area contributed by atoms with E-state index in [0.717, 1.165) is 30.0 Å². The lowest BCUT2D eigenvalue weighted by molar-refractivity contribution is -0.118. The Bertz CT molecular complexity index is 628. The fourth-order valence-electron chi connectivity index (χ4n) is 2.59. The van der Waals surface area contributed by atoms with E-state index in [-0.39, 0.29) is 11.9 Å². The lowest BCUT2D eigenvalue weighted by atomic mass is 9.95. The molecule has 0 bridgehead atoms. The molecule has 2 aromatic rings. The van der Waals surface area contributed by atoms with E-state index in [9.17, 15) is 4.79 Å². The average molecular weight is 270 g/mol. The van der Waals surface area contributed by atoms with E-state index < -0.39 is 0 Å². The zero-order chi connectivity index (χ0) is 14.1. The summed E-state index contributed by atoms with van der Waals surface area (Å²) in [6.45, 7) is 4.51. The van der Waals surface area contributed by atoms with Crippen LogP contribution in [0.25, 0.3) is 0 Å². The van der Waals surface area contributed by atoms with Crippen LogP contribution in [0.15, 0.2) is 24.3 Å². The monoisotopic (exact) mass is 270 g/mol. The number of amides is 1. The number of anilines is 1. The van der Waals surface area contributed by atoms with Gasteiger partial charge in [0.1, 0.15) is 0 Å². The Kier molecular flexibility index (Phi) is 3.28. The molecular weight excluding hydrogens is 252 g/mol. The van der Waals surface area contributed by atoms with Crippen molar-refractivity contribution < 1.29 is 4.79 Å². The second-order valence-electron chi connectivity index (χ2n) is 5.20. The number of aryl methyl sites for hydroxylation is 2. The highest BCUT2D eigenvalue weighted by Crippen LogP contribution is 2.19. The molecule has 0 saturated heterocycles. The van der Waals surface area contributed by atoms with E-state index in [0.29, 0.717) is 0 Å². The minimum atomic E-state index is -0.196. The fourth-order valence-corrected chi connectivity index (χ4v) is 2.59. The van der Waals surface area contributed by atoms with Gasteiger partial charge in [0.05, 0.1) is 23.1 Å². The highest BCUT2D eigenvalue weighted by molar-refractivity contribution is 5.96.